The first-order valence-corrected chi connectivity index (χ1v) is 8.32. The van der Waals surface area contributed by atoms with Crippen LogP contribution in [0.4, 0.5) is 17.5 Å². The lowest BCUT2D eigenvalue weighted by Gasteiger charge is -2.19. The molecule has 4 atom stereocenters. The Morgan fingerprint density at radius 3 is 2.88 bits per heavy atom. The number of rotatable bonds is 5. The number of anilines is 3. The molecule has 2 fully saturated rings. The zero-order chi connectivity index (χ0) is 17.4. The molecule has 0 spiro atoms. The molecule has 25 heavy (non-hydrogen) atoms. The topological polar surface area (TPSA) is 95.4 Å². The van der Waals surface area contributed by atoms with Crippen LogP contribution in [0, 0.1) is 0 Å². The van der Waals surface area contributed by atoms with Crippen molar-refractivity contribution in [1.82, 2.24) is 19.7 Å². The van der Waals surface area contributed by atoms with Crippen LogP contribution in [-0.4, -0.2) is 64.4 Å². The van der Waals surface area contributed by atoms with Crippen LogP contribution in [0.25, 0.3) is 0 Å². The molecule has 0 bridgehead atoms. The summed E-state index contributed by atoms with van der Waals surface area (Å²) in [6, 6.07) is -0.0520. The molecule has 134 valence electrons. The number of aryl methyl sites for hydroxylation is 1. The fourth-order valence-electron chi connectivity index (χ4n) is 3.11. The van der Waals surface area contributed by atoms with E-state index >= 15 is 0 Å². The number of methoxy groups -OCH3 is 1. The molecule has 2 aromatic rings. The first-order chi connectivity index (χ1) is 12.1. The molecule has 2 aliphatic heterocycles. The molecule has 2 saturated heterocycles. The molecule has 2 aliphatic rings. The summed E-state index contributed by atoms with van der Waals surface area (Å²) < 4.78 is 18.7. The molecular formula is C15H19ClN6O3. The molecule has 0 aromatic carbocycles. The maximum atomic E-state index is 6.24. The highest BCUT2D eigenvalue weighted by molar-refractivity contribution is 6.32. The minimum atomic E-state index is -0.0919. The lowest BCUT2D eigenvalue weighted by molar-refractivity contribution is -0.00757. The van der Waals surface area contributed by atoms with Gasteiger partial charge in [-0.3, -0.25) is 4.68 Å². The number of fused-ring (bicyclic) bond motifs is 1. The van der Waals surface area contributed by atoms with E-state index in [4.69, 9.17) is 25.8 Å². The van der Waals surface area contributed by atoms with E-state index in [1.54, 1.807) is 24.2 Å². The molecular weight excluding hydrogens is 348 g/mol. The van der Waals surface area contributed by atoms with Crippen molar-refractivity contribution in [1.29, 1.82) is 0 Å². The van der Waals surface area contributed by atoms with E-state index in [2.05, 4.69) is 25.7 Å². The van der Waals surface area contributed by atoms with Gasteiger partial charge in [-0.2, -0.15) is 10.1 Å². The largest absolute Gasteiger partial charge is 0.376 e. The van der Waals surface area contributed by atoms with Gasteiger partial charge < -0.3 is 24.8 Å². The summed E-state index contributed by atoms with van der Waals surface area (Å²) in [5, 5.41) is 10.9. The van der Waals surface area contributed by atoms with Crippen molar-refractivity contribution in [2.75, 3.05) is 31.0 Å². The lowest BCUT2D eigenvalue weighted by Crippen LogP contribution is -2.36. The van der Waals surface area contributed by atoms with Gasteiger partial charge in [-0.15, -0.1) is 0 Å². The molecule has 0 amide bonds. The van der Waals surface area contributed by atoms with E-state index in [0.717, 1.165) is 5.69 Å². The second kappa shape index (κ2) is 6.75. The average molecular weight is 367 g/mol. The molecule has 0 saturated carbocycles. The quantitative estimate of drug-likeness (QED) is 0.815. The fourth-order valence-corrected chi connectivity index (χ4v) is 3.25. The molecule has 0 radical (unpaired) electrons. The molecule has 10 heteroatoms. The summed E-state index contributed by atoms with van der Waals surface area (Å²) in [4.78, 5) is 8.65. The Balaban J connectivity index is 1.48. The van der Waals surface area contributed by atoms with Gasteiger partial charge in [0.15, 0.2) is 5.82 Å². The van der Waals surface area contributed by atoms with Gasteiger partial charge in [-0.25, -0.2) is 4.98 Å². The van der Waals surface area contributed by atoms with Crippen LogP contribution in [0.15, 0.2) is 18.6 Å². The van der Waals surface area contributed by atoms with Gasteiger partial charge in [-0.1, -0.05) is 11.6 Å². The van der Waals surface area contributed by atoms with E-state index in [1.807, 2.05) is 13.2 Å². The minimum absolute atomic E-state index is 0.0412. The SMILES string of the molecule is COC1COC2C(Nc3nc(Nc4cnn(C)c4)ncc3Cl)COC12. The number of halogens is 1. The zero-order valence-electron chi connectivity index (χ0n) is 13.8. The summed E-state index contributed by atoms with van der Waals surface area (Å²) in [6.07, 6.45) is 4.87. The van der Waals surface area contributed by atoms with Crippen LogP contribution in [0.3, 0.4) is 0 Å². The van der Waals surface area contributed by atoms with Crippen molar-refractivity contribution < 1.29 is 14.2 Å². The molecule has 0 aliphatic carbocycles. The number of hydrogen-bond donors (Lipinski definition) is 2. The molecule has 2 N–H and O–H groups in total. The van der Waals surface area contributed by atoms with Gasteiger partial charge in [-0.05, 0) is 0 Å². The first kappa shape index (κ1) is 16.5. The molecule has 4 rings (SSSR count). The Bertz CT molecular complexity index is 757. The van der Waals surface area contributed by atoms with E-state index in [1.165, 1.54) is 0 Å². The third kappa shape index (κ3) is 3.28. The number of aromatic nitrogens is 4. The van der Waals surface area contributed by atoms with Crippen LogP contribution in [0.2, 0.25) is 5.02 Å². The van der Waals surface area contributed by atoms with E-state index < -0.39 is 0 Å². The van der Waals surface area contributed by atoms with Crippen molar-refractivity contribution in [2.24, 2.45) is 7.05 Å². The third-order valence-electron chi connectivity index (χ3n) is 4.34. The van der Waals surface area contributed by atoms with Gasteiger partial charge in [0.2, 0.25) is 5.95 Å². The van der Waals surface area contributed by atoms with Crippen LogP contribution in [0.5, 0.6) is 0 Å². The lowest BCUT2D eigenvalue weighted by atomic mass is 10.1. The van der Waals surface area contributed by atoms with Gasteiger partial charge in [0, 0.05) is 20.4 Å². The van der Waals surface area contributed by atoms with Crippen molar-refractivity contribution in [3.05, 3.63) is 23.6 Å². The van der Waals surface area contributed by atoms with Gasteiger partial charge in [0.05, 0.1) is 37.3 Å². The molecule has 2 aromatic heterocycles. The molecule has 9 nitrogen and oxygen atoms in total. The van der Waals surface area contributed by atoms with Crippen molar-refractivity contribution in [3.8, 4) is 0 Å². The highest BCUT2D eigenvalue weighted by atomic mass is 35.5. The van der Waals surface area contributed by atoms with E-state index in [9.17, 15) is 0 Å². The summed E-state index contributed by atoms with van der Waals surface area (Å²) in [6.45, 7) is 1.02. The summed E-state index contributed by atoms with van der Waals surface area (Å²) in [7, 11) is 3.50. The van der Waals surface area contributed by atoms with Crippen LogP contribution in [0.1, 0.15) is 0 Å². The van der Waals surface area contributed by atoms with Gasteiger partial charge >= 0.3 is 0 Å². The Labute approximate surface area is 149 Å². The predicted octanol–water partition coefficient (Wildman–Crippen LogP) is 1.20. The maximum absolute atomic E-state index is 6.24. The first-order valence-electron chi connectivity index (χ1n) is 7.95. The van der Waals surface area contributed by atoms with Crippen LogP contribution >= 0.6 is 11.6 Å². The summed E-state index contributed by atoms with van der Waals surface area (Å²) in [5.74, 6) is 0.958. The van der Waals surface area contributed by atoms with Crippen molar-refractivity contribution in [2.45, 2.75) is 24.4 Å². The molecule has 4 heterocycles. The highest BCUT2D eigenvalue weighted by Gasteiger charge is 2.48. The fraction of sp³-hybridized carbons (Fsp3) is 0.533. The monoisotopic (exact) mass is 366 g/mol. The average Bonchev–Trinajstić information content (AvgIpc) is 3.28. The Morgan fingerprint density at radius 1 is 1.28 bits per heavy atom. The van der Waals surface area contributed by atoms with Gasteiger partial charge in [0.25, 0.3) is 0 Å². The zero-order valence-corrected chi connectivity index (χ0v) is 14.6. The number of nitrogens with zero attached hydrogens (tertiary/aromatic N) is 4. The number of ether oxygens (including phenoxy) is 3. The van der Waals surface area contributed by atoms with Gasteiger partial charge in [0.1, 0.15) is 23.3 Å². The standard InChI is InChI=1S/C15H19ClN6O3/c1-22-5-8(3-18-22)19-15-17-4-9(16)14(21-15)20-10-6-24-13-11(23-2)7-25-12(10)13/h3-5,10-13H,6-7H2,1-2H3,(H2,17,19,20,21). The summed E-state index contributed by atoms with van der Waals surface area (Å²) in [5.41, 5.74) is 0.794. The number of hydrogen-bond acceptors (Lipinski definition) is 8. The Hall–Kier alpha value is -1.94. The van der Waals surface area contributed by atoms with E-state index in [-0.39, 0.29) is 24.4 Å². The normalized spacial score (nSPS) is 28.1. The Kier molecular flexibility index (Phi) is 4.46. The minimum Gasteiger partial charge on any atom is -0.376 e. The highest BCUT2D eigenvalue weighted by Crippen LogP contribution is 2.31. The molecule has 4 unspecified atom stereocenters. The second-order valence-electron chi connectivity index (χ2n) is 6.04. The number of nitrogens with one attached hydrogen (secondary N) is 2. The Morgan fingerprint density at radius 2 is 2.12 bits per heavy atom. The third-order valence-corrected chi connectivity index (χ3v) is 4.61. The van der Waals surface area contributed by atoms with Crippen molar-refractivity contribution >= 4 is 29.1 Å². The van der Waals surface area contributed by atoms with Crippen LogP contribution in [-0.2, 0) is 21.3 Å². The van der Waals surface area contributed by atoms with Crippen LogP contribution < -0.4 is 10.6 Å². The predicted molar refractivity (Wildman–Crippen MR) is 91.2 cm³/mol. The maximum Gasteiger partial charge on any atom is 0.229 e. The second-order valence-corrected chi connectivity index (χ2v) is 6.45. The smallest absolute Gasteiger partial charge is 0.229 e. The van der Waals surface area contributed by atoms with Crippen molar-refractivity contribution in [3.63, 3.8) is 0 Å². The van der Waals surface area contributed by atoms with E-state index in [0.29, 0.717) is 30.0 Å². The summed E-state index contributed by atoms with van der Waals surface area (Å²) >= 11 is 6.24.